The van der Waals surface area contributed by atoms with Crippen molar-refractivity contribution in [2.75, 3.05) is 18.9 Å². The molecule has 1 aromatic heterocycles. The van der Waals surface area contributed by atoms with Crippen LogP contribution in [-0.2, 0) is 16.0 Å². The minimum atomic E-state index is -0.360. The van der Waals surface area contributed by atoms with Crippen LogP contribution in [0.25, 0.3) is 0 Å². The van der Waals surface area contributed by atoms with Crippen LogP contribution in [0.1, 0.15) is 29.8 Å². The number of nitrogens with one attached hydrogen (secondary N) is 1. The molecule has 1 N–H and O–H groups in total. The highest BCUT2D eigenvalue weighted by Crippen LogP contribution is 2.11. The van der Waals surface area contributed by atoms with Crippen LogP contribution in [0, 0.1) is 0 Å². The van der Waals surface area contributed by atoms with Crippen LogP contribution >= 0.6 is 0 Å². The molecule has 1 heterocycles. The first-order chi connectivity index (χ1) is 12.9. The topological polar surface area (TPSA) is 79.4 Å². The van der Waals surface area contributed by atoms with E-state index in [9.17, 15) is 14.4 Å². The van der Waals surface area contributed by atoms with Crippen molar-refractivity contribution in [1.82, 2.24) is 9.88 Å². The molecule has 6 heteroatoms. The van der Waals surface area contributed by atoms with Crippen molar-refractivity contribution >= 4 is 23.3 Å². The van der Waals surface area contributed by atoms with E-state index in [4.69, 9.17) is 0 Å². The van der Waals surface area contributed by atoms with E-state index < -0.39 is 0 Å². The van der Waals surface area contributed by atoms with Gasteiger partial charge in [-0.1, -0.05) is 0 Å². The maximum absolute atomic E-state index is 12.3. The van der Waals surface area contributed by atoms with Gasteiger partial charge >= 0.3 is 0 Å². The van der Waals surface area contributed by atoms with Crippen molar-refractivity contribution in [3.8, 4) is 0 Å². The van der Waals surface area contributed by atoms with E-state index in [0.717, 1.165) is 5.56 Å². The molecule has 0 radical (unpaired) electrons. The molecule has 0 saturated carbocycles. The maximum Gasteiger partial charge on any atom is 0.251 e. The van der Waals surface area contributed by atoms with Crippen molar-refractivity contribution in [2.24, 2.45) is 0 Å². The Morgan fingerprint density at radius 3 is 2.26 bits per heavy atom. The summed E-state index contributed by atoms with van der Waals surface area (Å²) in [6.07, 6.45) is 5.47. The highest BCUT2D eigenvalue weighted by atomic mass is 16.2. The van der Waals surface area contributed by atoms with Crippen LogP contribution in [-0.4, -0.2) is 41.1 Å². The van der Waals surface area contributed by atoms with E-state index in [0.29, 0.717) is 29.8 Å². The van der Waals surface area contributed by atoms with Gasteiger partial charge in [0.25, 0.3) is 5.91 Å². The van der Waals surface area contributed by atoms with Crippen molar-refractivity contribution in [3.63, 3.8) is 0 Å². The van der Waals surface area contributed by atoms with Crippen molar-refractivity contribution in [2.45, 2.75) is 20.3 Å². The summed E-state index contributed by atoms with van der Waals surface area (Å²) >= 11 is 0. The molecule has 0 spiro atoms. The number of anilines is 1. The summed E-state index contributed by atoms with van der Waals surface area (Å²) in [5, 5.41) is 2.71. The SMILES string of the molecule is CC(=O)c1ccc(NC(=O)/C(C)=C\C(=O)N(C)CCc2ccncc2)cc1. The van der Waals surface area contributed by atoms with E-state index >= 15 is 0 Å². The average Bonchev–Trinajstić information content (AvgIpc) is 2.67. The Balaban J connectivity index is 1.91. The van der Waals surface area contributed by atoms with Gasteiger partial charge in [0.05, 0.1) is 0 Å². The van der Waals surface area contributed by atoms with Gasteiger partial charge in [-0.05, 0) is 62.2 Å². The summed E-state index contributed by atoms with van der Waals surface area (Å²) in [6, 6.07) is 10.4. The largest absolute Gasteiger partial charge is 0.342 e. The summed E-state index contributed by atoms with van der Waals surface area (Å²) in [5.74, 6) is -0.630. The summed E-state index contributed by atoms with van der Waals surface area (Å²) < 4.78 is 0. The smallest absolute Gasteiger partial charge is 0.251 e. The molecule has 0 unspecified atom stereocenters. The number of benzene rings is 1. The van der Waals surface area contributed by atoms with Gasteiger partial charge in [-0.2, -0.15) is 0 Å². The first kappa shape index (κ1) is 20.0. The molecular weight excluding hydrogens is 342 g/mol. The first-order valence-corrected chi connectivity index (χ1v) is 8.61. The minimum absolute atomic E-state index is 0.0376. The number of ketones is 1. The number of hydrogen-bond acceptors (Lipinski definition) is 4. The van der Waals surface area contributed by atoms with Crippen molar-refractivity contribution in [1.29, 1.82) is 0 Å². The standard InChI is InChI=1S/C21H23N3O3/c1-15(21(27)23-19-6-4-18(5-7-19)16(2)25)14-20(26)24(3)13-10-17-8-11-22-12-9-17/h4-9,11-12,14H,10,13H2,1-3H3,(H,23,27)/b15-14-. The van der Waals surface area contributed by atoms with Crippen LogP contribution < -0.4 is 5.32 Å². The maximum atomic E-state index is 12.3. The minimum Gasteiger partial charge on any atom is -0.342 e. The zero-order chi connectivity index (χ0) is 19.8. The molecule has 0 bridgehead atoms. The van der Waals surface area contributed by atoms with E-state index in [-0.39, 0.29) is 17.6 Å². The third kappa shape index (κ3) is 6.18. The normalized spacial score (nSPS) is 11.0. The van der Waals surface area contributed by atoms with E-state index in [1.54, 1.807) is 55.5 Å². The number of likely N-dealkylation sites (N-methyl/N-ethyl adjacent to an activating group) is 1. The number of Topliss-reactive ketones (excluding diaryl/α,β-unsaturated/α-hetero) is 1. The summed E-state index contributed by atoms with van der Waals surface area (Å²) in [5.41, 5.74) is 2.55. The third-order valence-electron chi connectivity index (χ3n) is 4.11. The van der Waals surface area contributed by atoms with Crippen LogP contribution in [0.15, 0.2) is 60.4 Å². The van der Waals surface area contributed by atoms with Crippen LogP contribution in [0.2, 0.25) is 0 Å². The van der Waals surface area contributed by atoms with Crippen molar-refractivity contribution < 1.29 is 14.4 Å². The number of carbonyl (C=O) groups excluding carboxylic acids is 3. The number of aromatic nitrogens is 1. The molecular formula is C21H23N3O3. The molecule has 6 nitrogen and oxygen atoms in total. The number of pyridine rings is 1. The highest BCUT2D eigenvalue weighted by Gasteiger charge is 2.11. The van der Waals surface area contributed by atoms with Gasteiger partial charge < -0.3 is 10.2 Å². The quantitative estimate of drug-likeness (QED) is 0.604. The molecule has 27 heavy (non-hydrogen) atoms. The molecule has 2 rings (SSSR count). The molecule has 0 aliphatic carbocycles. The monoisotopic (exact) mass is 365 g/mol. The average molecular weight is 365 g/mol. The Morgan fingerprint density at radius 1 is 1.04 bits per heavy atom. The number of nitrogens with zero attached hydrogens (tertiary/aromatic N) is 2. The van der Waals surface area contributed by atoms with E-state index in [1.807, 2.05) is 12.1 Å². The molecule has 0 fully saturated rings. The zero-order valence-corrected chi connectivity index (χ0v) is 15.7. The predicted molar refractivity (Wildman–Crippen MR) is 104 cm³/mol. The number of carbonyl (C=O) groups is 3. The Bertz CT molecular complexity index is 843. The lowest BCUT2D eigenvalue weighted by molar-refractivity contribution is -0.125. The summed E-state index contributed by atoms with van der Waals surface area (Å²) in [6.45, 7) is 3.62. The Hall–Kier alpha value is -3.28. The highest BCUT2D eigenvalue weighted by molar-refractivity contribution is 6.07. The molecule has 140 valence electrons. The second kappa shape index (κ2) is 9.43. The lowest BCUT2D eigenvalue weighted by Gasteiger charge is -2.15. The summed E-state index contributed by atoms with van der Waals surface area (Å²) in [7, 11) is 1.70. The lowest BCUT2D eigenvalue weighted by atomic mass is 10.1. The van der Waals surface area contributed by atoms with Crippen LogP contribution in [0.4, 0.5) is 5.69 Å². The fourth-order valence-corrected chi connectivity index (χ4v) is 2.34. The van der Waals surface area contributed by atoms with E-state index in [1.165, 1.54) is 13.0 Å². The zero-order valence-electron chi connectivity index (χ0n) is 15.7. The van der Waals surface area contributed by atoms with Gasteiger partial charge in [-0.15, -0.1) is 0 Å². The van der Waals surface area contributed by atoms with Gasteiger partial charge in [-0.3, -0.25) is 19.4 Å². The van der Waals surface area contributed by atoms with Gasteiger partial charge in [0.1, 0.15) is 0 Å². The second-order valence-electron chi connectivity index (χ2n) is 6.28. The second-order valence-corrected chi connectivity index (χ2v) is 6.28. The lowest BCUT2D eigenvalue weighted by Crippen LogP contribution is -2.28. The Labute approximate surface area is 158 Å². The molecule has 0 aliphatic heterocycles. The number of hydrogen-bond donors (Lipinski definition) is 1. The van der Waals surface area contributed by atoms with Crippen LogP contribution in [0.3, 0.4) is 0 Å². The predicted octanol–water partition coefficient (Wildman–Crippen LogP) is 2.87. The Kier molecular flexibility index (Phi) is 7.00. The Morgan fingerprint density at radius 2 is 1.67 bits per heavy atom. The fraction of sp³-hybridized carbons (Fsp3) is 0.238. The van der Waals surface area contributed by atoms with Gasteiger partial charge in [0.15, 0.2) is 5.78 Å². The third-order valence-corrected chi connectivity index (χ3v) is 4.11. The van der Waals surface area contributed by atoms with Crippen LogP contribution in [0.5, 0.6) is 0 Å². The number of rotatable bonds is 7. The molecule has 0 atom stereocenters. The summed E-state index contributed by atoms with van der Waals surface area (Å²) in [4.78, 5) is 41.3. The molecule has 1 aromatic carbocycles. The van der Waals surface area contributed by atoms with Crippen molar-refractivity contribution in [3.05, 3.63) is 71.6 Å². The first-order valence-electron chi connectivity index (χ1n) is 8.61. The molecule has 2 amide bonds. The molecule has 0 aliphatic rings. The molecule has 2 aromatic rings. The number of amides is 2. The van der Waals surface area contributed by atoms with Gasteiger partial charge in [-0.25, -0.2) is 0 Å². The molecule has 0 saturated heterocycles. The van der Waals surface area contributed by atoms with E-state index in [2.05, 4.69) is 10.3 Å². The van der Waals surface area contributed by atoms with Gasteiger partial charge in [0.2, 0.25) is 5.91 Å². The van der Waals surface area contributed by atoms with Gasteiger partial charge in [0, 0.05) is 48.9 Å². The fourth-order valence-electron chi connectivity index (χ4n) is 2.34.